The molecule has 0 aromatic rings. The highest BCUT2D eigenvalue weighted by molar-refractivity contribution is 7.76. The van der Waals surface area contributed by atoms with Crippen LogP contribution in [-0.4, -0.2) is 5.52 Å². The quantitative estimate of drug-likeness (QED) is 0.465. The second kappa shape index (κ2) is 1.74. The standard InChI is InChI=1S/C2H7N2O2P/c1-2(5)7(3,4)6/h1H3,(H4,3,4,6). The lowest BCUT2D eigenvalue weighted by Gasteiger charge is -1.95. The first-order chi connectivity index (χ1) is 2.94. The van der Waals surface area contributed by atoms with Crippen LogP contribution in [0.2, 0.25) is 0 Å². The Balaban J connectivity index is 4.09. The molecule has 0 radical (unpaired) electrons. The van der Waals surface area contributed by atoms with Crippen molar-refractivity contribution in [3.05, 3.63) is 0 Å². The van der Waals surface area contributed by atoms with Crippen molar-refractivity contribution in [1.82, 2.24) is 0 Å². The van der Waals surface area contributed by atoms with Crippen LogP contribution < -0.4 is 11.0 Å². The minimum Gasteiger partial charge on any atom is -0.288 e. The van der Waals surface area contributed by atoms with Crippen LogP contribution in [0.25, 0.3) is 0 Å². The van der Waals surface area contributed by atoms with Crippen LogP contribution in [0.15, 0.2) is 0 Å². The van der Waals surface area contributed by atoms with E-state index in [4.69, 9.17) is 0 Å². The summed E-state index contributed by atoms with van der Waals surface area (Å²) in [5.41, 5.74) is 8.68. The maximum Gasteiger partial charge on any atom is 0.269 e. The predicted molar refractivity (Wildman–Crippen MR) is 26.7 cm³/mol. The largest absolute Gasteiger partial charge is 0.288 e. The fraction of sp³-hybridized carbons (Fsp3) is 0.500. The Labute approximate surface area is 41.3 Å². The summed E-state index contributed by atoms with van der Waals surface area (Å²) in [5.74, 6) is 0. The zero-order valence-corrected chi connectivity index (χ0v) is 4.81. The van der Waals surface area contributed by atoms with Crippen molar-refractivity contribution in [2.24, 2.45) is 11.0 Å². The van der Waals surface area contributed by atoms with Crippen LogP contribution in [-0.2, 0) is 9.36 Å². The summed E-state index contributed by atoms with van der Waals surface area (Å²) in [6.45, 7) is 1.10. The van der Waals surface area contributed by atoms with Crippen LogP contribution in [0.1, 0.15) is 6.92 Å². The molecule has 0 aromatic heterocycles. The van der Waals surface area contributed by atoms with Crippen molar-refractivity contribution in [3.63, 3.8) is 0 Å². The van der Waals surface area contributed by atoms with Crippen LogP contribution in [0.3, 0.4) is 0 Å². The van der Waals surface area contributed by atoms with Crippen LogP contribution in [0.5, 0.6) is 0 Å². The van der Waals surface area contributed by atoms with Gasteiger partial charge in [0.1, 0.15) is 0 Å². The summed E-state index contributed by atoms with van der Waals surface area (Å²) in [5, 5.41) is 0. The summed E-state index contributed by atoms with van der Waals surface area (Å²) < 4.78 is 10.1. The van der Waals surface area contributed by atoms with E-state index in [-0.39, 0.29) is 0 Å². The third-order valence-electron chi connectivity index (χ3n) is 0.492. The Morgan fingerprint density at radius 1 is 1.57 bits per heavy atom. The molecule has 0 aliphatic heterocycles. The molecular weight excluding hydrogens is 115 g/mol. The molecule has 7 heavy (non-hydrogen) atoms. The van der Waals surface area contributed by atoms with Gasteiger partial charge in [0.25, 0.3) is 7.44 Å². The fourth-order valence-electron chi connectivity index (χ4n) is 0. The van der Waals surface area contributed by atoms with E-state index >= 15 is 0 Å². The molecule has 0 rings (SSSR count). The number of nitrogens with two attached hydrogens (primary N) is 2. The summed E-state index contributed by atoms with van der Waals surface area (Å²) in [4.78, 5) is 9.95. The third-order valence-corrected chi connectivity index (χ3v) is 1.48. The molecule has 0 spiro atoms. The molecule has 4 nitrogen and oxygen atoms in total. The molecule has 0 saturated heterocycles. The van der Waals surface area contributed by atoms with Crippen molar-refractivity contribution in [3.8, 4) is 0 Å². The SMILES string of the molecule is CC(=O)P(N)(N)=O. The van der Waals surface area contributed by atoms with Gasteiger partial charge in [0.15, 0.2) is 0 Å². The van der Waals surface area contributed by atoms with Gasteiger partial charge in [0.2, 0.25) is 5.52 Å². The fourth-order valence-corrected chi connectivity index (χ4v) is 0. The van der Waals surface area contributed by atoms with Gasteiger partial charge in [-0.1, -0.05) is 0 Å². The molecule has 0 amide bonds. The first-order valence-electron chi connectivity index (χ1n) is 1.63. The average Bonchev–Trinajstić information content (AvgIpc) is 1.31. The van der Waals surface area contributed by atoms with E-state index in [1.807, 2.05) is 0 Å². The third kappa shape index (κ3) is 2.51. The van der Waals surface area contributed by atoms with Crippen molar-refractivity contribution in [1.29, 1.82) is 0 Å². The number of carbonyl (C=O) groups excluding carboxylic acids is 1. The van der Waals surface area contributed by atoms with E-state index in [9.17, 15) is 9.36 Å². The number of hydrogen-bond acceptors (Lipinski definition) is 2. The van der Waals surface area contributed by atoms with Gasteiger partial charge >= 0.3 is 0 Å². The van der Waals surface area contributed by atoms with Gasteiger partial charge in [-0.05, 0) is 0 Å². The van der Waals surface area contributed by atoms with E-state index < -0.39 is 13.0 Å². The molecule has 42 valence electrons. The van der Waals surface area contributed by atoms with Crippen LogP contribution in [0.4, 0.5) is 0 Å². The van der Waals surface area contributed by atoms with Gasteiger partial charge in [-0.2, -0.15) is 0 Å². The maximum absolute atomic E-state index is 10.1. The van der Waals surface area contributed by atoms with Gasteiger partial charge in [-0.25, -0.2) is 0 Å². The molecular formula is C2H7N2O2P. The normalized spacial score (nSPS) is 11.3. The molecule has 0 unspecified atom stereocenters. The van der Waals surface area contributed by atoms with Crippen molar-refractivity contribution >= 4 is 13.0 Å². The minimum absolute atomic E-state index is 0.646. The second-order valence-electron chi connectivity index (χ2n) is 1.23. The topological polar surface area (TPSA) is 86.2 Å². The highest BCUT2D eigenvalue weighted by Gasteiger charge is 2.13. The van der Waals surface area contributed by atoms with E-state index in [1.165, 1.54) is 0 Å². The zero-order valence-electron chi connectivity index (χ0n) is 3.92. The number of rotatable bonds is 1. The Morgan fingerprint density at radius 2 is 1.71 bits per heavy atom. The van der Waals surface area contributed by atoms with E-state index in [0.29, 0.717) is 0 Å². The lowest BCUT2D eigenvalue weighted by molar-refractivity contribution is -0.110. The first kappa shape index (κ1) is 6.82. The summed E-state index contributed by atoms with van der Waals surface area (Å²) in [7, 11) is -3.38. The van der Waals surface area contributed by atoms with E-state index in [0.717, 1.165) is 6.92 Å². The molecule has 0 fully saturated rings. The van der Waals surface area contributed by atoms with E-state index in [1.54, 1.807) is 0 Å². The van der Waals surface area contributed by atoms with Crippen LogP contribution >= 0.6 is 7.44 Å². The molecule has 4 N–H and O–H groups in total. The minimum atomic E-state index is -3.38. The summed E-state index contributed by atoms with van der Waals surface area (Å²) in [6.07, 6.45) is 0. The molecule has 5 heteroatoms. The Bertz CT molecular complexity index is 126. The van der Waals surface area contributed by atoms with Crippen molar-refractivity contribution in [2.75, 3.05) is 0 Å². The number of hydrogen-bond donors (Lipinski definition) is 2. The highest BCUT2D eigenvalue weighted by Crippen LogP contribution is 2.24. The summed E-state index contributed by atoms with van der Waals surface area (Å²) in [6, 6.07) is 0. The monoisotopic (exact) mass is 122 g/mol. The number of carbonyl (C=O) groups is 1. The lowest BCUT2D eigenvalue weighted by atomic mass is 10.9. The predicted octanol–water partition coefficient (Wildman–Crippen LogP) is -0.357. The molecule has 0 saturated carbocycles. The smallest absolute Gasteiger partial charge is 0.269 e. The highest BCUT2D eigenvalue weighted by atomic mass is 31.2. The maximum atomic E-state index is 10.1. The van der Waals surface area contributed by atoms with Crippen LogP contribution in [0, 0.1) is 0 Å². The molecule has 0 bridgehead atoms. The molecule has 0 aliphatic rings. The Kier molecular flexibility index (Phi) is 1.69. The van der Waals surface area contributed by atoms with E-state index in [2.05, 4.69) is 11.0 Å². The molecule has 0 aliphatic carbocycles. The second-order valence-corrected chi connectivity index (χ2v) is 3.28. The van der Waals surface area contributed by atoms with Gasteiger partial charge in [-0.3, -0.25) is 20.4 Å². The van der Waals surface area contributed by atoms with Crippen molar-refractivity contribution in [2.45, 2.75) is 6.92 Å². The van der Waals surface area contributed by atoms with Gasteiger partial charge in [0.05, 0.1) is 0 Å². The Hall–Kier alpha value is -0.180. The lowest BCUT2D eigenvalue weighted by Crippen LogP contribution is -2.11. The van der Waals surface area contributed by atoms with Crippen molar-refractivity contribution < 1.29 is 9.36 Å². The summed E-state index contributed by atoms with van der Waals surface area (Å²) >= 11 is 0. The zero-order chi connectivity index (χ0) is 6.08. The van der Waals surface area contributed by atoms with Gasteiger partial charge < -0.3 is 0 Å². The van der Waals surface area contributed by atoms with Gasteiger partial charge in [-0.15, -0.1) is 0 Å². The van der Waals surface area contributed by atoms with Gasteiger partial charge in [0, 0.05) is 6.92 Å². The average molecular weight is 122 g/mol. The Morgan fingerprint density at radius 3 is 1.71 bits per heavy atom. The molecule has 0 atom stereocenters. The first-order valence-corrected chi connectivity index (χ1v) is 3.47. The molecule has 0 aromatic carbocycles. The molecule has 0 heterocycles.